The normalized spacial score (nSPS) is 23.3. The number of ether oxygens (including phenoxy) is 2. The molecule has 19 heavy (non-hydrogen) atoms. The summed E-state index contributed by atoms with van der Waals surface area (Å²) in [6.07, 6.45) is 3.86. The van der Waals surface area contributed by atoms with Crippen LogP contribution in [-0.2, 0) is 20.9 Å². The van der Waals surface area contributed by atoms with E-state index in [4.69, 9.17) is 9.47 Å². The number of nitrogens with zero attached hydrogens (tertiary/aromatic N) is 1. The fourth-order valence-electron chi connectivity index (χ4n) is 2.42. The molecule has 0 N–H and O–H groups in total. The Morgan fingerprint density at radius 1 is 1.32 bits per heavy atom. The third-order valence-electron chi connectivity index (χ3n) is 3.72. The molecule has 1 aromatic heterocycles. The van der Waals surface area contributed by atoms with Gasteiger partial charge in [-0.05, 0) is 39.5 Å². The summed E-state index contributed by atoms with van der Waals surface area (Å²) in [7, 11) is 1.46. The summed E-state index contributed by atoms with van der Waals surface area (Å²) in [6, 6.07) is 0. The fourth-order valence-corrected chi connectivity index (χ4v) is 3.28. The number of esters is 1. The number of methoxy groups -OCH3 is 1. The molecule has 1 saturated carbocycles. The Morgan fingerprint density at radius 3 is 2.53 bits per heavy atom. The van der Waals surface area contributed by atoms with E-state index in [-0.39, 0.29) is 18.0 Å². The van der Waals surface area contributed by atoms with Crippen LogP contribution in [0.2, 0.25) is 0 Å². The molecular weight excluding hydrogens is 262 g/mol. The van der Waals surface area contributed by atoms with Gasteiger partial charge in [-0.15, -0.1) is 11.3 Å². The van der Waals surface area contributed by atoms with E-state index in [2.05, 4.69) is 11.9 Å². The van der Waals surface area contributed by atoms with Crippen molar-refractivity contribution in [1.82, 2.24) is 4.98 Å². The summed E-state index contributed by atoms with van der Waals surface area (Å²) >= 11 is 1.70. The van der Waals surface area contributed by atoms with Crippen LogP contribution in [0, 0.1) is 19.8 Å². The van der Waals surface area contributed by atoms with Crippen molar-refractivity contribution in [3.8, 4) is 0 Å². The summed E-state index contributed by atoms with van der Waals surface area (Å²) in [5.74, 6) is -0.0150. The van der Waals surface area contributed by atoms with Crippen LogP contribution in [-0.4, -0.2) is 24.2 Å². The lowest BCUT2D eigenvalue weighted by Gasteiger charge is -2.26. The highest BCUT2D eigenvalue weighted by Crippen LogP contribution is 2.28. The van der Waals surface area contributed by atoms with Crippen LogP contribution in [0.25, 0.3) is 0 Å². The summed E-state index contributed by atoms with van der Waals surface area (Å²) in [6.45, 7) is 4.70. The van der Waals surface area contributed by atoms with Gasteiger partial charge in [0.05, 0.1) is 31.4 Å². The number of carbonyl (C=O) groups excluding carboxylic acids is 1. The van der Waals surface area contributed by atoms with Gasteiger partial charge >= 0.3 is 5.97 Å². The van der Waals surface area contributed by atoms with Crippen LogP contribution in [0.15, 0.2) is 0 Å². The molecule has 0 unspecified atom stereocenters. The van der Waals surface area contributed by atoms with Crippen molar-refractivity contribution in [1.29, 1.82) is 0 Å². The molecule has 0 aromatic carbocycles. The molecule has 4 nitrogen and oxygen atoms in total. The molecule has 5 heteroatoms. The Labute approximate surface area is 118 Å². The van der Waals surface area contributed by atoms with Crippen LogP contribution < -0.4 is 0 Å². The van der Waals surface area contributed by atoms with Gasteiger partial charge in [0.25, 0.3) is 0 Å². The molecule has 0 amide bonds. The van der Waals surface area contributed by atoms with Gasteiger partial charge in [0, 0.05) is 4.88 Å². The third-order valence-corrected chi connectivity index (χ3v) is 4.77. The zero-order valence-electron chi connectivity index (χ0n) is 11.8. The molecule has 0 radical (unpaired) electrons. The molecule has 1 fully saturated rings. The van der Waals surface area contributed by atoms with Crippen LogP contribution >= 0.6 is 11.3 Å². The van der Waals surface area contributed by atoms with E-state index in [9.17, 15) is 4.79 Å². The highest BCUT2D eigenvalue weighted by Gasteiger charge is 2.27. The van der Waals surface area contributed by atoms with E-state index in [0.29, 0.717) is 6.61 Å². The Bertz CT molecular complexity index is 416. The third kappa shape index (κ3) is 3.76. The molecule has 0 atom stereocenters. The molecule has 0 bridgehead atoms. The molecule has 1 aliphatic rings. The predicted octanol–water partition coefficient (Wildman–Crippen LogP) is 3.01. The van der Waals surface area contributed by atoms with Crippen LogP contribution in [0.3, 0.4) is 0 Å². The predicted molar refractivity (Wildman–Crippen MR) is 74.1 cm³/mol. The first-order chi connectivity index (χ1) is 9.10. The van der Waals surface area contributed by atoms with Crippen molar-refractivity contribution in [2.24, 2.45) is 5.92 Å². The minimum absolute atomic E-state index is 0.0641. The number of thiazole rings is 1. The minimum Gasteiger partial charge on any atom is -0.469 e. The maximum atomic E-state index is 11.4. The summed E-state index contributed by atoms with van der Waals surface area (Å²) in [5.41, 5.74) is 1.10. The number of aryl methyl sites for hydroxylation is 2. The minimum atomic E-state index is -0.0791. The van der Waals surface area contributed by atoms with Crippen molar-refractivity contribution in [3.05, 3.63) is 15.6 Å². The van der Waals surface area contributed by atoms with E-state index in [1.54, 1.807) is 11.3 Å². The number of hydrogen-bond donors (Lipinski definition) is 0. The molecule has 1 aromatic rings. The number of rotatable bonds is 4. The Hall–Kier alpha value is -0.940. The lowest BCUT2D eigenvalue weighted by Crippen LogP contribution is -2.26. The lowest BCUT2D eigenvalue weighted by atomic mass is 9.87. The smallest absolute Gasteiger partial charge is 0.308 e. The van der Waals surface area contributed by atoms with Gasteiger partial charge in [-0.2, -0.15) is 0 Å². The molecule has 1 aliphatic carbocycles. The second kappa shape index (κ2) is 6.48. The lowest BCUT2D eigenvalue weighted by molar-refractivity contribution is -0.147. The van der Waals surface area contributed by atoms with Crippen LogP contribution in [0.5, 0.6) is 0 Å². The average molecular weight is 283 g/mol. The van der Waals surface area contributed by atoms with Gasteiger partial charge in [-0.3, -0.25) is 4.79 Å². The van der Waals surface area contributed by atoms with E-state index in [1.165, 1.54) is 12.0 Å². The van der Waals surface area contributed by atoms with E-state index in [0.717, 1.165) is 36.4 Å². The zero-order chi connectivity index (χ0) is 13.8. The molecule has 0 saturated heterocycles. The van der Waals surface area contributed by atoms with Crippen molar-refractivity contribution >= 4 is 17.3 Å². The Kier molecular flexibility index (Phi) is 4.93. The van der Waals surface area contributed by atoms with Crippen molar-refractivity contribution in [2.45, 2.75) is 52.2 Å². The first kappa shape index (κ1) is 14.5. The fraction of sp³-hybridized carbons (Fsp3) is 0.714. The van der Waals surface area contributed by atoms with Gasteiger partial charge in [0.1, 0.15) is 5.01 Å². The quantitative estimate of drug-likeness (QED) is 0.797. The second-order valence-electron chi connectivity index (χ2n) is 5.06. The zero-order valence-corrected chi connectivity index (χ0v) is 12.6. The van der Waals surface area contributed by atoms with Gasteiger partial charge in [0.15, 0.2) is 0 Å². The van der Waals surface area contributed by atoms with Crippen molar-refractivity contribution in [3.63, 3.8) is 0 Å². The summed E-state index contributed by atoms with van der Waals surface area (Å²) in [5, 5.41) is 1.05. The first-order valence-electron chi connectivity index (χ1n) is 6.72. The molecule has 1 heterocycles. The second-order valence-corrected chi connectivity index (χ2v) is 6.34. The SMILES string of the molecule is COC(=O)C1CCC(OCc2nc(C)c(C)s2)CC1. The Balaban J connectivity index is 1.75. The molecule has 2 rings (SSSR count). The molecular formula is C14H21NO3S. The van der Waals surface area contributed by atoms with Crippen molar-refractivity contribution < 1.29 is 14.3 Å². The molecule has 0 aliphatic heterocycles. The van der Waals surface area contributed by atoms with E-state index < -0.39 is 0 Å². The Morgan fingerprint density at radius 2 is 2.00 bits per heavy atom. The number of aromatic nitrogens is 1. The average Bonchev–Trinajstić information content (AvgIpc) is 2.75. The number of hydrogen-bond acceptors (Lipinski definition) is 5. The topological polar surface area (TPSA) is 48.4 Å². The largest absolute Gasteiger partial charge is 0.469 e. The van der Waals surface area contributed by atoms with Gasteiger partial charge in [-0.1, -0.05) is 0 Å². The summed E-state index contributed by atoms with van der Waals surface area (Å²) in [4.78, 5) is 17.1. The summed E-state index contributed by atoms with van der Waals surface area (Å²) < 4.78 is 10.7. The maximum absolute atomic E-state index is 11.4. The monoisotopic (exact) mass is 283 g/mol. The maximum Gasteiger partial charge on any atom is 0.308 e. The van der Waals surface area contributed by atoms with Crippen LogP contribution in [0.4, 0.5) is 0 Å². The first-order valence-corrected chi connectivity index (χ1v) is 7.54. The van der Waals surface area contributed by atoms with Crippen molar-refractivity contribution in [2.75, 3.05) is 7.11 Å². The highest BCUT2D eigenvalue weighted by molar-refractivity contribution is 7.11. The standard InChI is InChI=1S/C14H21NO3S/c1-9-10(2)19-13(15-9)8-18-12-6-4-11(5-7-12)14(16)17-3/h11-12H,4-8H2,1-3H3. The van der Waals surface area contributed by atoms with Gasteiger partial charge < -0.3 is 9.47 Å². The van der Waals surface area contributed by atoms with Crippen LogP contribution in [0.1, 0.15) is 41.3 Å². The van der Waals surface area contributed by atoms with E-state index >= 15 is 0 Å². The highest BCUT2D eigenvalue weighted by atomic mass is 32.1. The molecule has 0 spiro atoms. The van der Waals surface area contributed by atoms with Gasteiger partial charge in [-0.25, -0.2) is 4.98 Å². The molecule has 106 valence electrons. The van der Waals surface area contributed by atoms with Gasteiger partial charge in [0.2, 0.25) is 0 Å². The van der Waals surface area contributed by atoms with E-state index in [1.807, 2.05) is 6.92 Å². The number of carbonyl (C=O) groups is 1.